The highest BCUT2D eigenvalue weighted by Crippen LogP contribution is 2.24. The first-order valence-corrected chi connectivity index (χ1v) is 6.11. The Morgan fingerprint density at radius 1 is 1.50 bits per heavy atom. The van der Waals surface area contributed by atoms with Crippen LogP contribution in [-0.2, 0) is 13.6 Å². The summed E-state index contributed by atoms with van der Waals surface area (Å²) in [5, 5.41) is 13.9. The standard InChI is InChI=1S/C14H17N3O3/c1-16(8-10-7-15-17(2)9-10)14(19)12-6-11(20-3)4-5-13(12)18/h4-7,9,18H,8H2,1-3H3. The summed E-state index contributed by atoms with van der Waals surface area (Å²) < 4.78 is 6.74. The number of amides is 1. The highest BCUT2D eigenvalue weighted by Gasteiger charge is 2.17. The van der Waals surface area contributed by atoms with Crippen molar-refractivity contribution in [2.45, 2.75) is 6.54 Å². The van der Waals surface area contributed by atoms with Crippen molar-refractivity contribution in [1.29, 1.82) is 0 Å². The molecule has 106 valence electrons. The van der Waals surface area contributed by atoms with Crippen molar-refractivity contribution in [2.24, 2.45) is 7.05 Å². The van der Waals surface area contributed by atoms with Crippen molar-refractivity contribution in [3.05, 3.63) is 41.7 Å². The first-order valence-electron chi connectivity index (χ1n) is 6.11. The highest BCUT2D eigenvalue weighted by atomic mass is 16.5. The Morgan fingerprint density at radius 2 is 2.25 bits per heavy atom. The smallest absolute Gasteiger partial charge is 0.257 e. The van der Waals surface area contributed by atoms with E-state index in [0.717, 1.165) is 5.56 Å². The van der Waals surface area contributed by atoms with Gasteiger partial charge in [-0.3, -0.25) is 9.48 Å². The van der Waals surface area contributed by atoms with Crippen LogP contribution in [0.2, 0.25) is 0 Å². The van der Waals surface area contributed by atoms with E-state index in [0.29, 0.717) is 12.3 Å². The van der Waals surface area contributed by atoms with Crippen LogP contribution >= 0.6 is 0 Å². The first kappa shape index (κ1) is 13.9. The number of aromatic hydroxyl groups is 1. The van der Waals surface area contributed by atoms with Crippen molar-refractivity contribution >= 4 is 5.91 Å². The number of rotatable bonds is 4. The Morgan fingerprint density at radius 3 is 2.85 bits per heavy atom. The Balaban J connectivity index is 2.17. The number of hydrogen-bond donors (Lipinski definition) is 1. The molecule has 0 aliphatic rings. The first-order chi connectivity index (χ1) is 9.51. The maximum Gasteiger partial charge on any atom is 0.257 e. The molecule has 0 atom stereocenters. The minimum atomic E-state index is -0.273. The predicted molar refractivity (Wildman–Crippen MR) is 73.7 cm³/mol. The fourth-order valence-electron chi connectivity index (χ4n) is 1.92. The maximum absolute atomic E-state index is 12.3. The summed E-state index contributed by atoms with van der Waals surface area (Å²) >= 11 is 0. The fourth-order valence-corrected chi connectivity index (χ4v) is 1.92. The van der Waals surface area contributed by atoms with E-state index >= 15 is 0 Å². The largest absolute Gasteiger partial charge is 0.507 e. The summed E-state index contributed by atoms with van der Waals surface area (Å²) in [6.45, 7) is 0.420. The molecule has 6 heteroatoms. The average Bonchev–Trinajstić information content (AvgIpc) is 2.84. The summed E-state index contributed by atoms with van der Waals surface area (Å²) in [5.74, 6) is 0.194. The van der Waals surface area contributed by atoms with E-state index in [9.17, 15) is 9.90 Å². The Kier molecular flexibility index (Phi) is 3.93. The van der Waals surface area contributed by atoms with Gasteiger partial charge in [-0.2, -0.15) is 5.10 Å². The molecule has 2 rings (SSSR count). The normalized spacial score (nSPS) is 10.3. The zero-order chi connectivity index (χ0) is 14.7. The second-order valence-electron chi connectivity index (χ2n) is 4.57. The number of methoxy groups -OCH3 is 1. The summed E-state index contributed by atoms with van der Waals surface area (Å²) in [5.41, 5.74) is 1.14. The van der Waals surface area contributed by atoms with Gasteiger partial charge in [0.15, 0.2) is 0 Å². The van der Waals surface area contributed by atoms with Crippen LogP contribution in [-0.4, -0.2) is 39.9 Å². The molecular formula is C14H17N3O3. The Bertz CT molecular complexity index is 622. The minimum Gasteiger partial charge on any atom is -0.507 e. The molecule has 1 amide bonds. The van der Waals surface area contributed by atoms with Crippen molar-refractivity contribution in [3.8, 4) is 11.5 Å². The van der Waals surface area contributed by atoms with Gasteiger partial charge in [0.1, 0.15) is 11.5 Å². The predicted octanol–water partition coefficient (Wildman–Crippen LogP) is 1.41. The fraction of sp³-hybridized carbons (Fsp3) is 0.286. The number of benzene rings is 1. The zero-order valence-electron chi connectivity index (χ0n) is 11.7. The molecular weight excluding hydrogens is 258 g/mol. The molecule has 0 bridgehead atoms. The number of carbonyl (C=O) groups is 1. The third-order valence-electron chi connectivity index (χ3n) is 2.96. The average molecular weight is 275 g/mol. The number of phenolic OH excluding ortho intramolecular Hbond substituents is 1. The zero-order valence-corrected chi connectivity index (χ0v) is 11.7. The molecule has 0 saturated heterocycles. The second kappa shape index (κ2) is 5.64. The van der Waals surface area contributed by atoms with Gasteiger partial charge in [-0.1, -0.05) is 0 Å². The molecule has 1 heterocycles. The molecule has 0 radical (unpaired) electrons. The minimum absolute atomic E-state index is 0.0613. The van der Waals surface area contributed by atoms with Crippen LogP contribution in [0, 0.1) is 0 Å². The lowest BCUT2D eigenvalue weighted by Crippen LogP contribution is -2.26. The van der Waals surface area contributed by atoms with Crippen LogP contribution in [0.15, 0.2) is 30.6 Å². The van der Waals surface area contributed by atoms with Gasteiger partial charge < -0.3 is 14.7 Å². The van der Waals surface area contributed by atoms with Gasteiger partial charge in [0.25, 0.3) is 5.91 Å². The van der Waals surface area contributed by atoms with Crippen molar-refractivity contribution in [2.75, 3.05) is 14.2 Å². The van der Waals surface area contributed by atoms with Gasteiger partial charge in [0, 0.05) is 32.4 Å². The Hall–Kier alpha value is -2.50. The molecule has 0 fully saturated rings. The van der Waals surface area contributed by atoms with Crippen molar-refractivity contribution in [1.82, 2.24) is 14.7 Å². The van der Waals surface area contributed by atoms with E-state index in [-0.39, 0.29) is 17.2 Å². The van der Waals surface area contributed by atoms with Crippen LogP contribution in [0.5, 0.6) is 11.5 Å². The molecule has 0 saturated carbocycles. The number of ether oxygens (including phenoxy) is 1. The van der Waals surface area contributed by atoms with Gasteiger partial charge in [-0.15, -0.1) is 0 Å². The molecule has 6 nitrogen and oxygen atoms in total. The third kappa shape index (κ3) is 2.90. The van der Waals surface area contributed by atoms with Gasteiger partial charge in [0.05, 0.1) is 18.9 Å². The van der Waals surface area contributed by atoms with E-state index < -0.39 is 0 Å². The van der Waals surface area contributed by atoms with Gasteiger partial charge in [-0.25, -0.2) is 0 Å². The quantitative estimate of drug-likeness (QED) is 0.916. The maximum atomic E-state index is 12.3. The number of nitrogens with zero attached hydrogens (tertiary/aromatic N) is 3. The highest BCUT2D eigenvalue weighted by molar-refractivity contribution is 5.97. The van der Waals surface area contributed by atoms with Crippen LogP contribution in [0.1, 0.15) is 15.9 Å². The molecule has 0 aliphatic carbocycles. The Labute approximate surface area is 117 Å². The lowest BCUT2D eigenvalue weighted by Gasteiger charge is -2.17. The van der Waals surface area contributed by atoms with Crippen molar-refractivity contribution < 1.29 is 14.6 Å². The van der Waals surface area contributed by atoms with Gasteiger partial charge in [-0.05, 0) is 18.2 Å². The monoisotopic (exact) mass is 275 g/mol. The molecule has 1 aromatic carbocycles. The van der Waals surface area contributed by atoms with Gasteiger partial charge in [0.2, 0.25) is 0 Å². The van der Waals surface area contributed by atoms with E-state index in [1.807, 2.05) is 13.2 Å². The molecule has 0 aliphatic heterocycles. The molecule has 1 N–H and O–H groups in total. The summed E-state index contributed by atoms with van der Waals surface area (Å²) in [7, 11) is 5.01. The van der Waals surface area contributed by atoms with Crippen LogP contribution < -0.4 is 4.74 Å². The van der Waals surface area contributed by atoms with Crippen LogP contribution in [0.4, 0.5) is 0 Å². The van der Waals surface area contributed by atoms with Crippen LogP contribution in [0.3, 0.4) is 0 Å². The number of phenols is 1. The van der Waals surface area contributed by atoms with Gasteiger partial charge >= 0.3 is 0 Å². The van der Waals surface area contributed by atoms with E-state index in [4.69, 9.17) is 4.74 Å². The lowest BCUT2D eigenvalue weighted by atomic mass is 10.1. The molecule has 2 aromatic rings. The number of carbonyl (C=O) groups excluding carboxylic acids is 1. The second-order valence-corrected chi connectivity index (χ2v) is 4.57. The molecule has 0 unspecified atom stereocenters. The number of aromatic nitrogens is 2. The SMILES string of the molecule is COc1ccc(O)c(C(=O)N(C)Cc2cnn(C)c2)c1. The summed E-state index contributed by atoms with van der Waals surface area (Å²) in [6, 6.07) is 4.58. The lowest BCUT2D eigenvalue weighted by molar-refractivity contribution is 0.0781. The number of aryl methyl sites for hydroxylation is 1. The topological polar surface area (TPSA) is 67.6 Å². The molecule has 1 aromatic heterocycles. The summed E-state index contributed by atoms with van der Waals surface area (Å²) in [6.07, 6.45) is 3.55. The third-order valence-corrected chi connectivity index (χ3v) is 2.96. The summed E-state index contributed by atoms with van der Waals surface area (Å²) in [4.78, 5) is 13.8. The molecule has 20 heavy (non-hydrogen) atoms. The van der Waals surface area contributed by atoms with Crippen LogP contribution in [0.25, 0.3) is 0 Å². The van der Waals surface area contributed by atoms with Crippen molar-refractivity contribution in [3.63, 3.8) is 0 Å². The number of hydrogen-bond acceptors (Lipinski definition) is 4. The van der Waals surface area contributed by atoms with E-state index in [1.54, 1.807) is 24.0 Å². The molecule has 0 spiro atoms. The van der Waals surface area contributed by atoms with E-state index in [2.05, 4.69) is 5.10 Å². The van der Waals surface area contributed by atoms with E-state index in [1.165, 1.54) is 24.1 Å².